The van der Waals surface area contributed by atoms with E-state index in [9.17, 15) is 5.11 Å². The highest BCUT2D eigenvalue weighted by atomic mass is 16.7. The molecule has 36 heavy (non-hydrogen) atoms. The monoisotopic (exact) mass is 490 g/mol. The fourth-order valence-electron chi connectivity index (χ4n) is 4.17. The quantitative estimate of drug-likeness (QED) is 0.278. The second-order valence-corrected chi connectivity index (χ2v) is 8.67. The first-order chi connectivity index (χ1) is 17.7. The van der Waals surface area contributed by atoms with E-state index in [0.717, 1.165) is 16.7 Å². The third kappa shape index (κ3) is 7.58. The molecule has 0 aromatic heterocycles. The van der Waals surface area contributed by atoms with Gasteiger partial charge in [0.2, 0.25) is 0 Å². The van der Waals surface area contributed by atoms with Gasteiger partial charge in [-0.1, -0.05) is 97.1 Å². The van der Waals surface area contributed by atoms with Crippen LogP contribution in [0.5, 0.6) is 0 Å². The topological polar surface area (TPSA) is 66.4 Å². The highest BCUT2D eigenvalue weighted by Gasteiger charge is 2.48. The van der Waals surface area contributed by atoms with E-state index < -0.39 is 30.7 Å². The molecule has 1 saturated heterocycles. The van der Waals surface area contributed by atoms with Crippen molar-refractivity contribution >= 4 is 0 Å². The van der Waals surface area contributed by atoms with Crippen molar-refractivity contribution in [3.63, 3.8) is 0 Å². The summed E-state index contributed by atoms with van der Waals surface area (Å²) in [5.74, 6) is 0. The predicted molar refractivity (Wildman–Crippen MR) is 137 cm³/mol. The van der Waals surface area contributed by atoms with Gasteiger partial charge in [-0.05, 0) is 16.7 Å². The number of benzene rings is 3. The van der Waals surface area contributed by atoms with Crippen molar-refractivity contribution in [1.29, 1.82) is 0 Å². The molecule has 190 valence electrons. The molecule has 5 atom stereocenters. The van der Waals surface area contributed by atoms with Crippen LogP contribution in [0.15, 0.2) is 104 Å². The van der Waals surface area contributed by atoms with Crippen molar-refractivity contribution in [3.05, 3.63) is 120 Å². The van der Waals surface area contributed by atoms with Crippen LogP contribution in [0, 0.1) is 0 Å². The van der Waals surface area contributed by atoms with E-state index in [1.165, 1.54) is 0 Å². The second kappa shape index (κ2) is 14.0. The van der Waals surface area contributed by atoms with Crippen LogP contribution in [0.1, 0.15) is 16.7 Å². The van der Waals surface area contributed by atoms with Crippen LogP contribution >= 0.6 is 0 Å². The molecule has 0 bridgehead atoms. The molecule has 0 aliphatic carbocycles. The van der Waals surface area contributed by atoms with E-state index >= 15 is 0 Å². The summed E-state index contributed by atoms with van der Waals surface area (Å²) in [6.07, 6.45) is -1.98. The zero-order valence-electron chi connectivity index (χ0n) is 20.4. The Kier molecular flexibility index (Phi) is 10.2. The highest BCUT2D eigenvalue weighted by Crippen LogP contribution is 2.30. The van der Waals surface area contributed by atoms with Crippen LogP contribution in [-0.4, -0.2) is 49.0 Å². The minimum absolute atomic E-state index is 0.221. The molecule has 1 aliphatic heterocycles. The van der Waals surface area contributed by atoms with E-state index in [1.54, 1.807) is 6.08 Å². The van der Waals surface area contributed by atoms with Gasteiger partial charge >= 0.3 is 0 Å². The Bertz CT molecular complexity index is 1010. The Morgan fingerprint density at radius 3 is 1.58 bits per heavy atom. The van der Waals surface area contributed by atoms with Crippen molar-refractivity contribution in [1.82, 2.24) is 0 Å². The van der Waals surface area contributed by atoms with Gasteiger partial charge in [0.1, 0.15) is 24.4 Å². The minimum atomic E-state index is -1.21. The maximum Gasteiger partial charge on any atom is 0.184 e. The number of ether oxygens (including phenoxy) is 5. The lowest BCUT2D eigenvalue weighted by Gasteiger charge is -2.44. The van der Waals surface area contributed by atoms with Crippen LogP contribution in [0.4, 0.5) is 0 Å². The molecule has 0 saturated carbocycles. The van der Waals surface area contributed by atoms with E-state index in [1.807, 2.05) is 91.0 Å². The first kappa shape index (κ1) is 26.2. The highest BCUT2D eigenvalue weighted by molar-refractivity contribution is 5.15. The van der Waals surface area contributed by atoms with E-state index in [-0.39, 0.29) is 6.61 Å². The molecule has 6 nitrogen and oxygen atoms in total. The summed E-state index contributed by atoms with van der Waals surface area (Å²) < 4.78 is 30.7. The van der Waals surface area contributed by atoms with E-state index in [2.05, 4.69) is 6.58 Å². The Morgan fingerprint density at radius 1 is 0.667 bits per heavy atom. The summed E-state index contributed by atoms with van der Waals surface area (Å²) in [6.45, 7) is 5.30. The van der Waals surface area contributed by atoms with Crippen molar-refractivity contribution in [2.75, 3.05) is 13.2 Å². The maximum absolute atomic E-state index is 11.0. The summed E-state index contributed by atoms with van der Waals surface area (Å²) in [7, 11) is 0. The Labute approximate surface area is 213 Å². The molecule has 1 aliphatic rings. The summed E-state index contributed by atoms with van der Waals surface area (Å²) in [5.41, 5.74) is 3.03. The molecule has 0 radical (unpaired) electrons. The lowest BCUT2D eigenvalue weighted by atomic mass is 9.98. The summed E-state index contributed by atoms with van der Waals surface area (Å²) in [5, 5.41) is 11.0. The van der Waals surface area contributed by atoms with Crippen LogP contribution < -0.4 is 0 Å². The molecule has 3 aromatic rings. The van der Waals surface area contributed by atoms with Crippen molar-refractivity contribution < 1.29 is 28.8 Å². The van der Waals surface area contributed by atoms with Gasteiger partial charge in [0, 0.05) is 0 Å². The lowest BCUT2D eigenvalue weighted by Crippen LogP contribution is -2.61. The molecule has 1 N–H and O–H groups in total. The van der Waals surface area contributed by atoms with Crippen molar-refractivity contribution in [3.8, 4) is 0 Å². The molecular formula is C30H34O6. The molecule has 0 spiro atoms. The van der Waals surface area contributed by atoms with Crippen molar-refractivity contribution in [2.45, 2.75) is 50.5 Å². The van der Waals surface area contributed by atoms with E-state index in [0.29, 0.717) is 26.4 Å². The van der Waals surface area contributed by atoms with Gasteiger partial charge in [-0.15, -0.1) is 6.58 Å². The molecule has 0 unspecified atom stereocenters. The molecule has 1 heterocycles. The zero-order chi connectivity index (χ0) is 25.0. The maximum atomic E-state index is 11.0. The molecule has 3 aromatic carbocycles. The second-order valence-electron chi connectivity index (χ2n) is 8.67. The van der Waals surface area contributed by atoms with Gasteiger partial charge in [-0.3, -0.25) is 0 Å². The Balaban J connectivity index is 1.56. The number of hydrogen-bond acceptors (Lipinski definition) is 6. The number of hydrogen-bond donors (Lipinski definition) is 1. The smallest absolute Gasteiger partial charge is 0.184 e. The standard InChI is InChI=1S/C30H34O6/c1-2-18-32-22-26-27(33-19-23-12-6-3-7-13-23)28(34-20-24-14-8-4-9-15-24)29(30(31)36-26)35-21-25-16-10-5-11-17-25/h2-17,26-31H,1,18-22H2/t26-,27+,28+,29-,30+/m1/s1. The van der Waals surface area contributed by atoms with Gasteiger partial charge in [0.25, 0.3) is 0 Å². The first-order valence-electron chi connectivity index (χ1n) is 12.2. The van der Waals surface area contributed by atoms with Gasteiger partial charge in [-0.25, -0.2) is 0 Å². The largest absolute Gasteiger partial charge is 0.375 e. The fourth-order valence-corrected chi connectivity index (χ4v) is 4.17. The van der Waals surface area contributed by atoms with Gasteiger partial charge < -0.3 is 28.8 Å². The zero-order valence-corrected chi connectivity index (χ0v) is 20.4. The van der Waals surface area contributed by atoms with Gasteiger partial charge in [0.15, 0.2) is 6.29 Å². The van der Waals surface area contributed by atoms with Crippen LogP contribution in [-0.2, 0) is 43.5 Å². The average molecular weight is 491 g/mol. The number of aliphatic hydroxyl groups excluding tert-OH is 1. The van der Waals surface area contributed by atoms with Crippen LogP contribution in [0.2, 0.25) is 0 Å². The fraction of sp³-hybridized carbons (Fsp3) is 0.333. The summed E-state index contributed by atoms with van der Waals surface area (Å²) in [4.78, 5) is 0. The Morgan fingerprint density at radius 2 is 1.11 bits per heavy atom. The van der Waals surface area contributed by atoms with Gasteiger partial charge in [-0.2, -0.15) is 0 Å². The molecule has 1 fully saturated rings. The van der Waals surface area contributed by atoms with Crippen LogP contribution in [0.3, 0.4) is 0 Å². The van der Waals surface area contributed by atoms with Gasteiger partial charge in [0.05, 0.1) is 33.0 Å². The predicted octanol–water partition coefficient (Wildman–Crippen LogP) is 4.66. The third-order valence-electron chi connectivity index (χ3n) is 5.98. The van der Waals surface area contributed by atoms with E-state index in [4.69, 9.17) is 23.7 Å². The van der Waals surface area contributed by atoms with Crippen molar-refractivity contribution in [2.24, 2.45) is 0 Å². The third-order valence-corrected chi connectivity index (χ3v) is 5.98. The molecule has 0 amide bonds. The number of aliphatic hydroxyl groups is 1. The Hall–Kier alpha value is -2.84. The SMILES string of the molecule is C=CCOC[C@H]1O[C@H](O)[C@H](OCc2ccccc2)[C@@H](OCc2ccccc2)[C@H]1OCc1ccccc1. The summed E-state index contributed by atoms with van der Waals surface area (Å²) in [6, 6.07) is 29.6. The lowest BCUT2D eigenvalue weighted by molar-refractivity contribution is -0.316. The molecular weight excluding hydrogens is 456 g/mol. The molecule has 4 rings (SSSR count). The first-order valence-corrected chi connectivity index (χ1v) is 12.2. The average Bonchev–Trinajstić information content (AvgIpc) is 2.92. The molecule has 6 heteroatoms. The van der Waals surface area contributed by atoms with Crippen LogP contribution in [0.25, 0.3) is 0 Å². The summed E-state index contributed by atoms with van der Waals surface area (Å²) >= 11 is 0. The number of rotatable bonds is 13. The minimum Gasteiger partial charge on any atom is -0.375 e. The normalized spacial score (nSPS) is 23.9.